The number of para-hydroxylation sites is 1. The van der Waals surface area contributed by atoms with Crippen LogP contribution in [0.2, 0.25) is 0 Å². The maximum Gasteiger partial charge on any atom is 0.387 e. The summed E-state index contributed by atoms with van der Waals surface area (Å²) >= 11 is 0. The van der Waals surface area contributed by atoms with Gasteiger partial charge in [-0.1, -0.05) is 18.2 Å². The average Bonchev–Trinajstić information content (AvgIpc) is 2.29. The third kappa shape index (κ3) is 3.23. The van der Waals surface area contributed by atoms with Crippen molar-refractivity contribution in [2.24, 2.45) is 0 Å². The third-order valence-electron chi connectivity index (χ3n) is 2.58. The molecule has 1 aliphatic heterocycles. The van der Waals surface area contributed by atoms with Crippen LogP contribution in [0.1, 0.15) is 11.6 Å². The Morgan fingerprint density at radius 1 is 1.41 bits per heavy atom. The Bertz CT molecular complexity index is 414. The van der Waals surface area contributed by atoms with Gasteiger partial charge in [-0.15, -0.1) is 0 Å². The molecule has 2 rings (SSSR count). The second-order valence-electron chi connectivity index (χ2n) is 3.73. The van der Waals surface area contributed by atoms with E-state index in [0.29, 0.717) is 23.6 Å². The molecule has 1 saturated heterocycles. The van der Waals surface area contributed by atoms with Gasteiger partial charge in [0.2, 0.25) is 0 Å². The van der Waals surface area contributed by atoms with E-state index in [1.807, 2.05) is 0 Å². The number of benzene rings is 1. The van der Waals surface area contributed by atoms with E-state index < -0.39 is 17.4 Å². The lowest BCUT2D eigenvalue weighted by atomic mass is 10.1. The Balaban J connectivity index is 2.21. The molecule has 2 unspecified atom stereocenters. The van der Waals surface area contributed by atoms with Gasteiger partial charge in [-0.05, 0) is 6.07 Å². The molecule has 0 bridgehead atoms. The fourth-order valence-corrected chi connectivity index (χ4v) is 3.03. The van der Waals surface area contributed by atoms with Crippen molar-refractivity contribution in [1.29, 1.82) is 0 Å². The molecule has 0 aliphatic carbocycles. The fraction of sp³-hybridized carbons (Fsp3) is 0.455. The molecular weight excluding hydrogens is 248 g/mol. The van der Waals surface area contributed by atoms with Gasteiger partial charge in [-0.2, -0.15) is 8.78 Å². The Morgan fingerprint density at radius 2 is 2.18 bits per heavy atom. The van der Waals surface area contributed by atoms with E-state index in [4.69, 9.17) is 0 Å². The number of nitrogens with one attached hydrogen (secondary N) is 1. The van der Waals surface area contributed by atoms with Crippen LogP contribution in [-0.2, 0) is 10.8 Å². The first kappa shape index (κ1) is 12.4. The summed E-state index contributed by atoms with van der Waals surface area (Å²) in [5, 5.41) is 3.16. The molecule has 6 heteroatoms. The maximum atomic E-state index is 12.2. The van der Waals surface area contributed by atoms with Gasteiger partial charge in [0, 0.05) is 40.5 Å². The van der Waals surface area contributed by atoms with Gasteiger partial charge >= 0.3 is 6.61 Å². The van der Waals surface area contributed by atoms with Crippen molar-refractivity contribution >= 4 is 10.8 Å². The van der Waals surface area contributed by atoms with Crippen LogP contribution in [0, 0.1) is 0 Å². The molecule has 2 atom stereocenters. The molecule has 94 valence electrons. The zero-order valence-corrected chi connectivity index (χ0v) is 9.88. The number of alkyl halides is 2. The van der Waals surface area contributed by atoms with Crippen molar-refractivity contribution in [1.82, 2.24) is 5.32 Å². The summed E-state index contributed by atoms with van der Waals surface area (Å²) < 4.78 is 40.4. The minimum Gasteiger partial charge on any atom is -0.434 e. The maximum absolute atomic E-state index is 12.2. The smallest absolute Gasteiger partial charge is 0.387 e. The molecule has 0 spiro atoms. The fourth-order valence-electron chi connectivity index (χ4n) is 1.85. The van der Waals surface area contributed by atoms with E-state index in [-0.39, 0.29) is 11.8 Å². The van der Waals surface area contributed by atoms with Crippen molar-refractivity contribution in [3.05, 3.63) is 29.8 Å². The van der Waals surface area contributed by atoms with Crippen LogP contribution in [-0.4, -0.2) is 28.9 Å². The second-order valence-corrected chi connectivity index (χ2v) is 5.35. The summed E-state index contributed by atoms with van der Waals surface area (Å²) in [7, 11) is -0.897. The van der Waals surface area contributed by atoms with Crippen molar-refractivity contribution in [3.63, 3.8) is 0 Å². The lowest BCUT2D eigenvalue weighted by Gasteiger charge is -2.25. The summed E-state index contributed by atoms with van der Waals surface area (Å²) in [6, 6.07) is 6.44. The zero-order valence-electron chi connectivity index (χ0n) is 9.07. The van der Waals surface area contributed by atoms with Crippen LogP contribution in [0.25, 0.3) is 0 Å². The minimum atomic E-state index is -2.84. The first-order chi connectivity index (χ1) is 8.16. The lowest BCUT2D eigenvalue weighted by molar-refractivity contribution is -0.0506. The van der Waals surface area contributed by atoms with Crippen LogP contribution in [0.5, 0.6) is 5.75 Å². The Morgan fingerprint density at radius 3 is 2.88 bits per heavy atom. The zero-order chi connectivity index (χ0) is 12.3. The average molecular weight is 261 g/mol. The SMILES string of the molecule is O=S1CCNC(c2ccccc2OC(F)F)C1. The van der Waals surface area contributed by atoms with Gasteiger partial charge in [0.15, 0.2) is 0 Å². The molecule has 1 N–H and O–H groups in total. The molecule has 1 aliphatic rings. The van der Waals surface area contributed by atoms with E-state index >= 15 is 0 Å². The predicted molar refractivity (Wildman–Crippen MR) is 61.7 cm³/mol. The molecule has 1 aromatic rings. The molecule has 3 nitrogen and oxygen atoms in total. The normalized spacial score (nSPS) is 24.9. The molecule has 17 heavy (non-hydrogen) atoms. The summed E-state index contributed by atoms with van der Waals surface area (Å²) in [5.41, 5.74) is 0.640. The first-order valence-corrected chi connectivity index (χ1v) is 6.77. The van der Waals surface area contributed by atoms with Gasteiger partial charge in [-0.3, -0.25) is 4.21 Å². The van der Waals surface area contributed by atoms with Crippen LogP contribution in [0.15, 0.2) is 24.3 Å². The number of rotatable bonds is 3. The molecule has 0 saturated carbocycles. The highest BCUT2D eigenvalue weighted by molar-refractivity contribution is 7.85. The monoisotopic (exact) mass is 261 g/mol. The van der Waals surface area contributed by atoms with Gasteiger partial charge in [0.1, 0.15) is 5.75 Å². The highest BCUT2D eigenvalue weighted by Gasteiger charge is 2.23. The van der Waals surface area contributed by atoms with Gasteiger partial charge in [-0.25, -0.2) is 0 Å². The van der Waals surface area contributed by atoms with Crippen LogP contribution in [0.4, 0.5) is 8.78 Å². The number of hydrogen-bond donors (Lipinski definition) is 1. The summed E-state index contributed by atoms with van der Waals surface area (Å²) in [5.74, 6) is 1.19. The van der Waals surface area contributed by atoms with Gasteiger partial charge in [0.25, 0.3) is 0 Å². The molecule has 1 heterocycles. The first-order valence-electron chi connectivity index (χ1n) is 5.29. The standard InChI is InChI=1S/C11H13F2NO2S/c12-11(13)16-10-4-2-1-3-8(10)9-7-17(15)6-5-14-9/h1-4,9,11,14H,5-7H2. The molecule has 1 fully saturated rings. The lowest BCUT2D eigenvalue weighted by Crippen LogP contribution is -2.36. The number of hydrogen-bond acceptors (Lipinski definition) is 3. The highest BCUT2D eigenvalue weighted by atomic mass is 32.2. The van der Waals surface area contributed by atoms with E-state index in [9.17, 15) is 13.0 Å². The molecule has 0 radical (unpaired) electrons. The van der Waals surface area contributed by atoms with E-state index in [1.54, 1.807) is 18.2 Å². The summed E-state index contributed by atoms with van der Waals surface area (Å²) in [6.07, 6.45) is 0. The molecular formula is C11H13F2NO2S. The van der Waals surface area contributed by atoms with Crippen molar-refractivity contribution in [3.8, 4) is 5.75 Å². The second kappa shape index (κ2) is 5.55. The van der Waals surface area contributed by atoms with E-state index in [1.165, 1.54) is 6.07 Å². The molecule has 0 aromatic heterocycles. The van der Waals surface area contributed by atoms with Crippen molar-refractivity contribution < 1.29 is 17.7 Å². The Hall–Kier alpha value is -1.01. The summed E-state index contributed by atoms with van der Waals surface area (Å²) in [4.78, 5) is 0. The van der Waals surface area contributed by atoms with E-state index in [0.717, 1.165) is 0 Å². The number of ether oxygens (including phenoxy) is 1. The quantitative estimate of drug-likeness (QED) is 0.899. The largest absolute Gasteiger partial charge is 0.434 e. The van der Waals surface area contributed by atoms with Gasteiger partial charge < -0.3 is 10.1 Å². The highest BCUT2D eigenvalue weighted by Crippen LogP contribution is 2.28. The van der Waals surface area contributed by atoms with Crippen LogP contribution >= 0.6 is 0 Å². The summed E-state index contributed by atoms with van der Waals surface area (Å²) in [6.45, 7) is -2.22. The minimum absolute atomic E-state index is 0.152. The Labute approximate surface area is 101 Å². The molecule has 1 aromatic carbocycles. The van der Waals surface area contributed by atoms with Crippen molar-refractivity contribution in [2.75, 3.05) is 18.1 Å². The Kier molecular flexibility index (Phi) is 4.06. The van der Waals surface area contributed by atoms with E-state index in [2.05, 4.69) is 10.1 Å². The van der Waals surface area contributed by atoms with Crippen LogP contribution in [0.3, 0.4) is 0 Å². The van der Waals surface area contributed by atoms with Crippen molar-refractivity contribution in [2.45, 2.75) is 12.7 Å². The van der Waals surface area contributed by atoms with Crippen LogP contribution < -0.4 is 10.1 Å². The van der Waals surface area contributed by atoms with Gasteiger partial charge in [0.05, 0.1) is 0 Å². The topological polar surface area (TPSA) is 38.3 Å². The molecule has 0 amide bonds. The number of halogens is 2. The third-order valence-corrected chi connectivity index (χ3v) is 3.95. The predicted octanol–water partition coefficient (Wildman–Crippen LogP) is 1.68.